The first-order valence-electron chi connectivity index (χ1n) is 5.41. The molecule has 7 heteroatoms. The Balaban J connectivity index is 3.01. The zero-order valence-corrected chi connectivity index (χ0v) is 11.6. The normalized spacial score (nSPS) is 12.0. The van der Waals surface area contributed by atoms with Crippen LogP contribution in [0.25, 0.3) is 0 Å². The van der Waals surface area contributed by atoms with Crippen LogP contribution < -0.4 is 5.32 Å². The average molecular weight is 288 g/mol. The maximum Gasteiger partial charge on any atom is 0.154 e. The van der Waals surface area contributed by atoms with E-state index >= 15 is 0 Å². The summed E-state index contributed by atoms with van der Waals surface area (Å²) in [6, 6.07) is 3.40. The number of sulfone groups is 1. The van der Waals surface area contributed by atoms with Crippen LogP contribution in [0.15, 0.2) is 12.1 Å². The number of benzene rings is 1. The molecule has 0 amide bonds. The zero-order valence-electron chi connectivity index (χ0n) is 10.8. The Bertz CT molecular complexity index is 611. The lowest BCUT2D eigenvalue weighted by atomic mass is 10.1. The van der Waals surface area contributed by atoms with Gasteiger partial charge in [-0.2, -0.15) is 5.26 Å². The second-order valence-corrected chi connectivity index (χ2v) is 7.46. The van der Waals surface area contributed by atoms with Crippen molar-refractivity contribution in [2.75, 3.05) is 18.1 Å². The van der Waals surface area contributed by atoms with Crippen molar-refractivity contribution in [3.63, 3.8) is 0 Å². The number of hydrogen-bond acceptors (Lipinski definition) is 4. The Morgan fingerprint density at radius 2 is 1.79 bits per heavy atom. The minimum atomic E-state index is -3.37. The molecule has 1 rings (SSSR count). The van der Waals surface area contributed by atoms with Crippen LogP contribution in [-0.2, 0) is 9.84 Å². The molecule has 0 bridgehead atoms. The van der Waals surface area contributed by atoms with E-state index in [2.05, 4.69) is 5.32 Å². The van der Waals surface area contributed by atoms with Gasteiger partial charge in [0, 0.05) is 12.8 Å². The maximum atomic E-state index is 13.6. The molecule has 0 saturated heterocycles. The van der Waals surface area contributed by atoms with E-state index in [-0.39, 0.29) is 12.1 Å². The third-order valence-electron chi connectivity index (χ3n) is 2.87. The molecule has 0 aromatic heterocycles. The van der Waals surface area contributed by atoms with Gasteiger partial charge in [0.05, 0.1) is 16.4 Å². The van der Waals surface area contributed by atoms with Gasteiger partial charge >= 0.3 is 0 Å². The van der Waals surface area contributed by atoms with E-state index in [9.17, 15) is 17.2 Å². The van der Waals surface area contributed by atoms with Crippen LogP contribution in [0.2, 0.25) is 0 Å². The third-order valence-corrected chi connectivity index (χ3v) is 5.02. The van der Waals surface area contributed by atoms with Gasteiger partial charge in [0.1, 0.15) is 5.69 Å². The van der Waals surface area contributed by atoms with Crippen molar-refractivity contribution in [1.82, 2.24) is 0 Å². The van der Waals surface area contributed by atoms with Crippen molar-refractivity contribution in [3.05, 3.63) is 29.3 Å². The minimum absolute atomic E-state index is 0.136. The number of nitrogens with zero attached hydrogens (tertiary/aromatic N) is 1. The fourth-order valence-electron chi connectivity index (χ4n) is 1.24. The number of nitriles is 1. The highest BCUT2D eigenvalue weighted by Crippen LogP contribution is 2.23. The molecule has 1 aromatic rings. The van der Waals surface area contributed by atoms with Crippen molar-refractivity contribution in [3.8, 4) is 6.07 Å². The molecular formula is C12H14F2N2O2S. The number of halogens is 2. The Hall–Kier alpha value is -1.68. The van der Waals surface area contributed by atoms with Gasteiger partial charge in [0.2, 0.25) is 0 Å². The highest BCUT2D eigenvalue weighted by molar-refractivity contribution is 7.92. The van der Waals surface area contributed by atoms with E-state index in [1.54, 1.807) is 6.07 Å². The molecule has 4 nitrogen and oxygen atoms in total. The molecule has 0 atom stereocenters. The molecule has 0 spiro atoms. The van der Waals surface area contributed by atoms with Crippen LogP contribution in [0.3, 0.4) is 0 Å². The molecule has 0 heterocycles. The van der Waals surface area contributed by atoms with E-state index < -0.39 is 31.9 Å². The fraction of sp³-hybridized carbons (Fsp3) is 0.417. The lowest BCUT2D eigenvalue weighted by molar-refractivity contribution is 0.554. The fourth-order valence-corrected chi connectivity index (χ4v) is 1.57. The predicted molar refractivity (Wildman–Crippen MR) is 68.5 cm³/mol. The van der Waals surface area contributed by atoms with Gasteiger partial charge in [-0.3, -0.25) is 0 Å². The molecule has 0 unspecified atom stereocenters. The number of nitrogens with one attached hydrogen (secondary N) is 1. The predicted octanol–water partition coefficient (Wildman–Crippen LogP) is 2.07. The molecule has 0 radical (unpaired) electrons. The topological polar surface area (TPSA) is 70.0 Å². The molecular weight excluding hydrogens is 274 g/mol. The molecule has 1 aromatic carbocycles. The van der Waals surface area contributed by atoms with Gasteiger partial charge in [-0.15, -0.1) is 0 Å². The largest absolute Gasteiger partial charge is 0.379 e. The average Bonchev–Trinajstić information content (AvgIpc) is 2.25. The summed E-state index contributed by atoms with van der Waals surface area (Å²) in [7, 11) is -3.37. The monoisotopic (exact) mass is 288 g/mol. The Kier molecular flexibility index (Phi) is 4.15. The van der Waals surface area contributed by atoms with Gasteiger partial charge in [-0.1, -0.05) is 0 Å². The van der Waals surface area contributed by atoms with E-state index in [1.165, 1.54) is 13.8 Å². The molecule has 0 aliphatic carbocycles. The number of hydrogen-bond donors (Lipinski definition) is 1. The zero-order chi connectivity index (χ0) is 14.8. The molecule has 0 saturated carbocycles. The van der Waals surface area contributed by atoms with E-state index in [0.29, 0.717) is 0 Å². The SMILES string of the molecule is CC(C)(CNc1c(F)cc(C#N)cc1F)S(C)(=O)=O. The summed E-state index contributed by atoms with van der Waals surface area (Å²) in [4.78, 5) is 0. The van der Waals surface area contributed by atoms with Crippen LogP contribution in [-0.4, -0.2) is 26.0 Å². The second kappa shape index (κ2) is 5.13. The van der Waals surface area contributed by atoms with E-state index in [1.807, 2.05) is 0 Å². The summed E-state index contributed by atoms with van der Waals surface area (Å²) in [5, 5.41) is 11.0. The molecule has 0 aliphatic heterocycles. The number of anilines is 1. The lowest BCUT2D eigenvalue weighted by Gasteiger charge is -2.23. The van der Waals surface area contributed by atoms with Crippen LogP contribution in [0.1, 0.15) is 19.4 Å². The van der Waals surface area contributed by atoms with Crippen molar-refractivity contribution in [2.45, 2.75) is 18.6 Å². The first-order chi connectivity index (χ1) is 8.58. The Morgan fingerprint density at radius 1 is 1.32 bits per heavy atom. The lowest BCUT2D eigenvalue weighted by Crippen LogP contribution is -2.38. The molecule has 104 valence electrons. The van der Waals surface area contributed by atoms with Crippen molar-refractivity contribution >= 4 is 15.5 Å². The highest BCUT2D eigenvalue weighted by Gasteiger charge is 2.30. The summed E-state index contributed by atoms with van der Waals surface area (Å²) in [6.07, 6.45) is 1.06. The first-order valence-corrected chi connectivity index (χ1v) is 7.30. The molecule has 1 N–H and O–H groups in total. The van der Waals surface area contributed by atoms with Crippen LogP contribution >= 0.6 is 0 Å². The Labute approximate surface area is 111 Å². The van der Waals surface area contributed by atoms with Gasteiger partial charge in [-0.25, -0.2) is 17.2 Å². The van der Waals surface area contributed by atoms with Crippen molar-refractivity contribution in [1.29, 1.82) is 5.26 Å². The summed E-state index contributed by atoms with van der Waals surface area (Å²) < 4.78 is 48.9. The third kappa shape index (κ3) is 3.41. The highest BCUT2D eigenvalue weighted by atomic mass is 32.2. The molecule has 0 fully saturated rings. The smallest absolute Gasteiger partial charge is 0.154 e. The van der Waals surface area contributed by atoms with Crippen LogP contribution in [0.4, 0.5) is 14.5 Å². The van der Waals surface area contributed by atoms with Crippen molar-refractivity contribution < 1.29 is 17.2 Å². The standard InChI is InChI=1S/C12H14F2N2O2S/c1-12(2,19(3,17)18)7-16-11-9(13)4-8(6-15)5-10(11)14/h4-5,16H,7H2,1-3H3. The minimum Gasteiger partial charge on any atom is -0.379 e. The van der Waals surface area contributed by atoms with E-state index in [4.69, 9.17) is 5.26 Å². The van der Waals surface area contributed by atoms with Gasteiger partial charge in [-0.05, 0) is 26.0 Å². The van der Waals surface area contributed by atoms with Crippen molar-refractivity contribution in [2.24, 2.45) is 0 Å². The number of rotatable bonds is 4. The van der Waals surface area contributed by atoms with Crippen LogP contribution in [0.5, 0.6) is 0 Å². The summed E-state index contributed by atoms with van der Waals surface area (Å²) in [6.45, 7) is 2.76. The Morgan fingerprint density at radius 3 is 2.16 bits per heavy atom. The molecule has 0 aliphatic rings. The maximum absolute atomic E-state index is 13.6. The van der Waals surface area contributed by atoms with Gasteiger partial charge in [0.25, 0.3) is 0 Å². The first kappa shape index (κ1) is 15.4. The summed E-state index contributed by atoms with van der Waals surface area (Å²) >= 11 is 0. The van der Waals surface area contributed by atoms with Crippen LogP contribution in [0, 0.1) is 23.0 Å². The quantitative estimate of drug-likeness (QED) is 0.920. The van der Waals surface area contributed by atoms with E-state index in [0.717, 1.165) is 18.4 Å². The van der Waals surface area contributed by atoms with Gasteiger partial charge in [0.15, 0.2) is 21.5 Å². The summed E-state index contributed by atoms with van der Waals surface area (Å²) in [5.74, 6) is -1.86. The second-order valence-electron chi connectivity index (χ2n) is 4.81. The van der Waals surface area contributed by atoms with Gasteiger partial charge < -0.3 is 5.32 Å². The summed E-state index contributed by atoms with van der Waals surface area (Å²) in [5.41, 5.74) is -0.571. The molecule has 19 heavy (non-hydrogen) atoms.